The molecule has 2 unspecified atom stereocenters. The highest BCUT2D eigenvalue weighted by molar-refractivity contribution is 5.79. The molecule has 2 heterocycles. The largest absolute Gasteiger partial charge is 0.496 e. The van der Waals surface area contributed by atoms with E-state index in [1.807, 2.05) is 13.1 Å². The normalized spacial score (nSPS) is 22.4. The first-order valence-electron chi connectivity index (χ1n) is 10.8. The van der Waals surface area contributed by atoms with Crippen LogP contribution in [-0.2, 0) is 0 Å². The van der Waals surface area contributed by atoms with Crippen molar-refractivity contribution in [2.45, 2.75) is 44.7 Å². The van der Waals surface area contributed by atoms with Crippen molar-refractivity contribution in [3.8, 4) is 5.75 Å². The van der Waals surface area contributed by atoms with Crippen molar-refractivity contribution in [2.75, 3.05) is 53.4 Å². The monoisotopic (exact) mass is 387 g/mol. The predicted molar refractivity (Wildman–Crippen MR) is 116 cm³/mol. The van der Waals surface area contributed by atoms with E-state index in [9.17, 15) is 0 Å². The van der Waals surface area contributed by atoms with Gasteiger partial charge in [-0.25, -0.2) is 0 Å². The summed E-state index contributed by atoms with van der Waals surface area (Å²) in [6.07, 6.45) is 5.12. The van der Waals surface area contributed by atoms with E-state index < -0.39 is 0 Å². The Morgan fingerprint density at radius 1 is 1.18 bits per heavy atom. The molecule has 0 aliphatic carbocycles. The molecular formula is C22H37N5O. The first-order chi connectivity index (χ1) is 13.8. The van der Waals surface area contributed by atoms with Crippen LogP contribution < -0.4 is 15.4 Å². The third-order valence-corrected chi connectivity index (χ3v) is 6.18. The van der Waals surface area contributed by atoms with Gasteiger partial charge in [-0.05, 0) is 57.9 Å². The SMILES string of the molecule is CCN1CCCC1CNC(=NC)NCC(c1ccccc1OC)N1CCCC1. The topological polar surface area (TPSA) is 52.1 Å². The van der Waals surface area contributed by atoms with Crippen molar-refractivity contribution in [1.29, 1.82) is 0 Å². The van der Waals surface area contributed by atoms with Gasteiger partial charge in [0.2, 0.25) is 0 Å². The lowest BCUT2D eigenvalue weighted by Crippen LogP contribution is -2.47. The van der Waals surface area contributed by atoms with E-state index in [1.165, 1.54) is 37.8 Å². The molecule has 1 aromatic carbocycles. The molecular weight excluding hydrogens is 350 g/mol. The molecule has 2 fully saturated rings. The van der Waals surface area contributed by atoms with E-state index in [2.05, 4.69) is 50.5 Å². The summed E-state index contributed by atoms with van der Waals surface area (Å²) in [5, 5.41) is 7.13. The Hall–Kier alpha value is -1.79. The third-order valence-electron chi connectivity index (χ3n) is 6.18. The standard InChI is InChI=1S/C22H37N5O/c1-4-26-15-9-10-18(26)16-24-22(23-2)25-17-20(27-13-7-8-14-27)19-11-5-6-12-21(19)28-3/h5-6,11-12,18,20H,4,7-10,13-17H2,1-3H3,(H2,23,24,25). The second-order valence-corrected chi connectivity index (χ2v) is 7.76. The van der Waals surface area contributed by atoms with Gasteiger partial charge in [0, 0.05) is 31.7 Å². The van der Waals surface area contributed by atoms with E-state index >= 15 is 0 Å². The number of benzene rings is 1. The summed E-state index contributed by atoms with van der Waals surface area (Å²) < 4.78 is 5.65. The molecule has 0 amide bonds. The number of likely N-dealkylation sites (tertiary alicyclic amines) is 2. The fraction of sp³-hybridized carbons (Fsp3) is 0.682. The predicted octanol–water partition coefficient (Wildman–Crippen LogP) is 2.48. The summed E-state index contributed by atoms with van der Waals surface area (Å²) >= 11 is 0. The number of nitrogens with zero attached hydrogens (tertiary/aromatic N) is 3. The van der Waals surface area contributed by atoms with Crippen LogP contribution in [0.15, 0.2) is 29.3 Å². The number of nitrogens with one attached hydrogen (secondary N) is 2. The quantitative estimate of drug-likeness (QED) is 0.530. The summed E-state index contributed by atoms with van der Waals surface area (Å²) in [6, 6.07) is 9.30. The molecule has 2 saturated heterocycles. The van der Waals surface area contributed by atoms with Crippen LogP contribution in [0.2, 0.25) is 0 Å². The maximum atomic E-state index is 5.65. The van der Waals surface area contributed by atoms with Gasteiger partial charge < -0.3 is 15.4 Å². The van der Waals surface area contributed by atoms with Crippen molar-refractivity contribution in [1.82, 2.24) is 20.4 Å². The summed E-state index contributed by atoms with van der Waals surface area (Å²) in [6.45, 7) is 8.66. The molecule has 2 aliphatic rings. The Labute approximate surface area is 170 Å². The fourth-order valence-electron chi connectivity index (χ4n) is 4.60. The minimum atomic E-state index is 0.288. The number of para-hydroxylation sites is 1. The van der Waals surface area contributed by atoms with Gasteiger partial charge in [-0.1, -0.05) is 25.1 Å². The van der Waals surface area contributed by atoms with Crippen molar-refractivity contribution >= 4 is 5.96 Å². The first-order valence-corrected chi connectivity index (χ1v) is 10.8. The number of ether oxygens (including phenoxy) is 1. The second kappa shape index (κ2) is 10.7. The smallest absolute Gasteiger partial charge is 0.191 e. The molecule has 0 saturated carbocycles. The molecule has 0 radical (unpaired) electrons. The molecule has 2 aliphatic heterocycles. The number of aliphatic imine (C=N–C) groups is 1. The average molecular weight is 388 g/mol. The molecule has 2 atom stereocenters. The van der Waals surface area contributed by atoms with Gasteiger partial charge in [0.05, 0.1) is 13.2 Å². The minimum Gasteiger partial charge on any atom is -0.496 e. The van der Waals surface area contributed by atoms with Gasteiger partial charge in [0.15, 0.2) is 5.96 Å². The van der Waals surface area contributed by atoms with Crippen molar-refractivity contribution in [3.63, 3.8) is 0 Å². The van der Waals surface area contributed by atoms with Crippen LogP contribution in [0.4, 0.5) is 0 Å². The lowest BCUT2D eigenvalue weighted by molar-refractivity contribution is 0.239. The molecule has 0 aromatic heterocycles. The van der Waals surface area contributed by atoms with Gasteiger partial charge in [-0.3, -0.25) is 14.8 Å². The Morgan fingerprint density at radius 3 is 2.68 bits per heavy atom. The van der Waals surface area contributed by atoms with Crippen LogP contribution in [0.3, 0.4) is 0 Å². The number of hydrogen-bond acceptors (Lipinski definition) is 4. The minimum absolute atomic E-state index is 0.288. The molecule has 3 rings (SSSR count). The first kappa shape index (κ1) is 20.9. The third kappa shape index (κ3) is 5.17. The van der Waals surface area contributed by atoms with Crippen LogP contribution in [-0.4, -0.2) is 75.2 Å². The van der Waals surface area contributed by atoms with Crippen molar-refractivity contribution < 1.29 is 4.74 Å². The maximum absolute atomic E-state index is 5.65. The van der Waals surface area contributed by atoms with Crippen LogP contribution in [0, 0.1) is 0 Å². The van der Waals surface area contributed by atoms with Gasteiger partial charge in [-0.2, -0.15) is 0 Å². The van der Waals surface area contributed by atoms with Gasteiger partial charge in [0.25, 0.3) is 0 Å². The number of likely N-dealkylation sites (N-methyl/N-ethyl adjacent to an activating group) is 1. The summed E-state index contributed by atoms with van der Waals surface area (Å²) in [5.74, 6) is 1.86. The highest BCUT2D eigenvalue weighted by Crippen LogP contribution is 2.31. The Bertz CT molecular complexity index is 629. The molecule has 0 bridgehead atoms. The highest BCUT2D eigenvalue weighted by Gasteiger charge is 2.26. The molecule has 2 N–H and O–H groups in total. The molecule has 1 aromatic rings. The number of guanidine groups is 1. The fourth-order valence-corrected chi connectivity index (χ4v) is 4.60. The average Bonchev–Trinajstić information content (AvgIpc) is 3.42. The Balaban J connectivity index is 1.62. The Kier molecular flexibility index (Phi) is 7.98. The van der Waals surface area contributed by atoms with Gasteiger partial charge in [-0.15, -0.1) is 0 Å². The van der Waals surface area contributed by atoms with Crippen LogP contribution >= 0.6 is 0 Å². The van der Waals surface area contributed by atoms with Crippen LogP contribution in [0.5, 0.6) is 5.75 Å². The van der Waals surface area contributed by atoms with E-state index in [1.54, 1.807) is 7.11 Å². The lowest BCUT2D eigenvalue weighted by Gasteiger charge is -2.30. The molecule has 156 valence electrons. The van der Waals surface area contributed by atoms with E-state index in [4.69, 9.17) is 4.74 Å². The summed E-state index contributed by atoms with van der Waals surface area (Å²) in [5.41, 5.74) is 1.25. The van der Waals surface area contributed by atoms with Crippen molar-refractivity contribution in [3.05, 3.63) is 29.8 Å². The number of methoxy groups -OCH3 is 1. The number of hydrogen-bond donors (Lipinski definition) is 2. The van der Waals surface area contributed by atoms with E-state index in [-0.39, 0.29) is 6.04 Å². The molecule has 0 spiro atoms. The van der Waals surface area contributed by atoms with Gasteiger partial charge >= 0.3 is 0 Å². The number of rotatable bonds is 8. The molecule has 6 nitrogen and oxygen atoms in total. The van der Waals surface area contributed by atoms with Crippen LogP contribution in [0.25, 0.3) is 0 Å². The van der Waals surface area contributed by atoms with E-state index in [0.29, 0.717) is 6.04 Å². The zero-order valence-corrected chi connectivity index (χ0v) is 17.8. The highest BCUT2D eigenvalue weighted by atomic mass is 16.5. The zero-order valence-electron chi connectivity index (χ0n) is 17.8. The molecule has 6 heteroatoms. The summed E-state index contributed by atoms with van der Waals surface area (Å²) in [4.78, 5) is 9.58. The van der Waals surface area contributed by atoms with Gasteiger partial charge in [0.1, 0.15) is 5.75 Å². The molecule has 28 heavy (non-hydrogen) atoms. The Morgan fingerprint density at radius 2 is 1.96 bits per heavy atom. The lowest BCUT2D eigenvalue weighted by atomic mass is 10.0. The maximum Gasteiger partial charge on any atom is 0.191 e. The zero-order chi connectivity index (χ0) is 19.8. The van der Waals surface area contributed by atoms with Crippen LogP contribution in [0.1, 0.15) is 44.2 Å². The van der Waals surface area contributed by atoms with Crippen molar-refractivity contribution in [2.24, 2.45) is 4.99 Å². The second-order valence-electron chi connectivity index (χ2n) is 7.76. The van der Waals surface area contributed by atoms with E-state index in [0.717, 1.165) is 44.4 Å². The summed E-state index contributed by atoms with van der Waals surface area (Å²) in [7, 11) is 3.62.